The minimum atomic E-state index is -0.346. The van der Waals surface area contributed by atoms with Gasteiger partial charge in [0.1, 0.15) is 11.6 Å². The van der Waals surface area contributed by atoms with E-state index in [2.05, 4.69) is 26.1 Å². The van der Waals surface area contributed by atoms with Crippen molar-refractivity contribution in [1.29, 1.82) is 0 Å². The van der Waals surface area contributed by atoms with Crippen molar-refractivity contribution in [3.8, 4) is 0 Å². The van der Waals surface area contributed by atoms with Gasteiger partial charge in [-0.15, -0.1) is 11.3 Å². The minimum absolute atomic E-state index is 0.0314. The molecule has 0 spiro atoms. The highest BCUT2D eigenvalue weighted by atomic mass is 32.1. The number of amides is 1. The molecule has 1 N–H and O–H groups in total. The van der Waals surface area contributed by atoms with Gasteiger partial charge >= 0.3 is 5.97 Å². The van der Waals surface area contributed by atoms with Gasteiger partial charge in [-0.2, -0.15) is 0 Å². The summed E-state index contributed by atoms with van der Waals surface area (Å²) < 4.78 is 10.1. The van der Waals surface area contributed by atoms with Gasteiger partial charge in [-0.1, -0.05) is 27.2 Å². The van der Waals surface area contributed by atoms with Gasteiger partial charge in [0.15, 0.2) is 0 Å². The SMILES string of the molecule is CCOC(=O)c1c(NC(=O)COC)sc2c1CC[C@H](C(C)(C)CC)C2. The molecule has 1 aliphatic carbocycles. The van der Waals surface area contributed by atoms with Crippen LogP contribution in [0.5, 0.6) is 0 Å². The number of ether oxygens (including phenoxy) is 2. The molecule has 0 radical (unpaired) electrons. The second-order valence-corrected chi connectivity index (χ2v) is 8.30. The largest absolute Gasteiger partial charge is 0.462 e. The third-order valence-corrected chi connectivity index (χ3v) is 6.46. The Morgan fingerprint density at radius 1 is 1.32 bits per heavy atom. The van der Waals surface area contributed by atoms with E-state index in [1.807, 2.05) is 0 Å². The number of carbonyl (C=O) groups is 2. The van der Waals surface area contributed by atoms with Crippen molar-refractivity contribution < 1.29 is 19.1 Å². The van der Waals surface area contributed by atoms with Crippen LogP contribution >= 0.6 is 11.3 Å². The number of carbonyl (C=O) groups excluding carboxylic acids is 2. The lowest BCUT2D eigenvalue weighted by atomic mass is 9.69. The number of nitrogens with one attached hydrogen (secondary N) is 1. The van der Waals surface area contributed by atoms with Gasteiger partial charge in [0.05, 0.1) is 12.2 Å². The molecule has 1 atom stereocenters. The van der Waals surface area contributed by atoms with Crippen LogP contribution in [0.4, 0.5) is 5.00 Å². The number of fused-ring (bicyclic) bond motifs is 1. The maximum Gasteiger partial charge on any atom is 0.341 e. The summed E-state index contributed by atoms with van der Waals surface area (Å²) in [5.74, 6) is -0.0146. The van der Waals surface area contributed by atoms with Gasteiger partial charge in [0.25, 0.3) is 5.91 Å². The van der Waals surface area contributed by atoms with Crippen molar-refractivity contribution in [1.82, 2.24) is 0 Å². The highest BCUT2D eigenvalue weighted by Gasteiger charge is 2.35. The summed E-state index contributed by atoms with van der Waals surface area (Å²) >= 11 is 1.51. The molecule has 0 saturated heterocycles. The number of hydrogen-bond acceptors (Lipinski definition) is 5. The van der Waals surface area contributed by atoms with Gasteiger partial charge in [-0.05, 0) is 43.1 Å². The fourth-order valence-corrected chi connectivity index (χ4v) is 4.67. The standard InChI is InChI=1S/C19H29NO4S/c1-6-19(3,4)12-8-9-13-14(10-12)25-17(20-15(21)11-23-5)16(13)18(22)24-7-2/h12H,6-11H2,1-5H3,(H,20,21)/t12-/m0/s1. The zero-order chi connectivity index (χ0) is 18.6. The lowest BCUT2D eigenvalue weighted by Crippen LogP contribution is -2.28. The van der Waals surface area contributed by atoms with E-state index in [0.29, 0.717) is 23.1 Å². The maximum absolute atomic E-state index is 12.5. The van der Waals surface area contributed by atoms with E-state index < -0.39 is 0 Å². The summed E-state index contributed by atoms with van der Waals surface area (Å²) in [4.78, 5) is 25.6. The van der Waals surface area contributed by atoms with Gasteiger partial charge < -0.3 is 14.8 Å². The first-order chi connectivity index (χ1) is 11.8. The van der Waals surface area contributed by atoms with Crippen LogP contribution in [-0.2, 0) is 27.1 Å². The van der Waals surface area contributed by atoms with Crippen LogP contribution in [0.25, 0.3) is 0 Å². The quantitative estimate of drug-likeness (QED) is 0.739. The minimum Gasteiger partial charge on any atom is -0.462 e. The van der Waals surface area contributed by atoms with Crippen LogP contribution in [0.1, 0.15) is 61.3 Å². The predicted molar refractivity (Wildman–Crippen MR) is 100 cm³/mol. The molecule has 5 nitrogen and oxygen atoms in total. The van der Waals surface area contributed by atoms with E-state index in [1.54, 1.807) is 6.92 Å². The van der Waals surface area contributed by atoms with Gasteiger partial charge in [-0.25, -0.2) is 4.79 Å². The fraction of sp³-hybridized carbons (Fsp3) is 0.684. The number of esters is 1. The summed E-state index contributed by atoms with van der Waals surface area (Å²) in [6.07, 6.45) is 3.99. The Morgan fingerprint density at radius 2 is 2.04 bits per heavy atom. The molecule has 0 aliphatic heterocycles. The Morgan fingerprint density at radius 3 is 2.64 bits per heavy atom. The predicted octanol–water partition coefficient (Wildman–Crippen LogP) is 4.05. The average molecular weight is 368 g/mol. The first-order valence-corrected chi connectivity index (χ1v) is 9.76. The van der Waals surface area contributed by atoms with Crippen molar-refractivity contribution in [2.75, 3.05) is 25.6 Å². The number of thiophene rings is 1. The first-order valence-electron chi connectivity index (χ1n) is 8.94. The zero-order valence-electron chi connectivity index (χ0n) is 15.9. The Kier molecular flexibility index (Phi) is 6.63. The molecule has 0 saturated carbocycles. The van der Waals surface area contributed by atoms with E-state index in [4.69, 9.17) is 9.47 Å². The van der Waals surface area contributed by atoms with Gasteiger partial charge in [-0.3, -0.25) is 4.79 Å². The molecule has 25 heavy (non-hydrogen) atoms. The van der Waals surface area contributed by atoms with Crippen LogP contribution in [0.2, 0.25) is 0 Å². The molecular formula is C19H29NO4S. The van der Waals surface area contributed by atoms with Crippen LogP contribution < -0.4 is 5.32 Å². The molecule has 2 rings (SSSR count). The van der Waals surface area contributed by atoms with Crippen molar-refractivity contribution in [3.63, 3.8) is 0 Å². The summed E-state index contributed by atoms with van der Waals surface area (Å²) in [7, 11) is 1.47. The fourth-order valence-electron chi connectivity index (χ4n) is 3.34. The van der Waals surface area contributed by atoms with E-state index in [-0.39, 0.29) is 23.9 Å². The number of rotatable bonds is 7. The smallest absolute Gasteiger partial charge is 0.341 e. The number of anilines is 1. The Hall–Kier alpha value is -1.40. The van der Waals surface area contributed by atoms with Crippen molar-refractivity contribution in [2.24, 2.45) is 11.3 Å². The van der Waals surface area contributed by atoms with E-state index in [1.165, 1.54) is 23.3 Å². The first kappa shape index (κ1) is 19.9. The molecule has 6 heteroatoms. The van der Waals surface area contributed by atoms with E-state index in [9.17, 15) is 9.59 Å². The van der Waals surface area contributed by atoms with E-state index >= 15 is 0 Å². The topological polar surface area (TPSA) is 64.6 Å². The van der Waals surface area contributed by atoms with Crippen molar-refractivity contribution >= 4 is 28.2 Å². The van der Waals surface area contributed by atoms with Gasteiger partial charge in [0, 0.05) is 12.0 Å². The van der Waals surface area contributed by atoms with Crippen LogP contribution in [0, 0.1) is 11.3 Å². The highest BCUT2D eigenvalue weighted by Crippen LogP contribution is 2.45. The van der Waals surface area contributed by atoms with Crippen molar-refractivity contribution in [3.05, 3.63) is 16.0 Å². The lowest BCUT2D eigenvalue weighted by molar-refractivity contribution is -0.119. The number of hydrogen-bond donors (Lipinski definition) is 1. The lowest BCUT2D eigenvalue weighted by Gasteiger charge is -2.36. The van der Waals surface area contributed by atoms with Crippen LogP contribution in [0.15, 0.2) is 0 Å². The summed E-state index contributed by atoms with van der Waals surface area (Å²) in [5, 5.41) is 3.43. The van der Waals surface area contributed by atoms with Gasteiger partial charge in [0.2, 0.25) is 0 Å². The third-order valence-electron chi connectivity index (χ3n) is 5.29. The zero-order valence-corrected chi connectivity index (χ0v) is 16.7. The Bertz CT molecular complexity index is 636. The molecule has 1 heterocycles. The molecule has 0 fully saturated rings. The summed E-state index contributed by atoms with van der Waals surface area (Å²) in [6.45, 7) is 8.92. The number of methoxy groups -OCH3 is 1. The molecule has 0 bridgehead atoms. The third kappa shape index (κ3) is 4.42. The summed E-state index contributed by atoms with van der Waals surface area (Å²) in [6, 6.07) is 0. The molecule has 1 aromatic rings. The van der Waals surface area contributed by atoms with Crippen molar-refractivity contribution in [2.45, 2.75) is 53.4 Å². The van der Waals surface area contributed by atoms with Crippen LogP contribution in [0.3, 0.4) is 0 Å². The van der Waals surface area contributed by atoms with E-state index in [0.717, 1.165) is 31.2 Å². The van der Waals surface area contributed by atoms with Crippen LogP contribution in [-0.4, -0.2) is 32.2 Å². The summed E-state index contributed by atoms with van der Waals surface area (Å²) in [5.41, 5.74) is 1.86. The highest BCUT2D eigenvalue weighted by molar-refractivity contribution is 7.17. The molecule has 1 amide bonds. The molecule has 1 aromatic heterocycles. The molecule has 0 unspecified atom stereocenters. The molecule has 140 valence electrons. The Labute approximate surface area is 154 Å². The normalized spacial score (nSPS) is 17.1. The Balaban J connectivity index is 2.35. The molecular weight excluding hydrogens is 338 g/mol. The monoisotopic (exact) mass is 367 g/mol. The second kappa shape index (κ2) is 8.32. The maximum atomic E-state index is 12.5. The average Bonchev–Trinajstić information content (AvgIpc) is 2.92. The molecule has 1 aliphatic rings. The molecule has 0 aromatic carbocycles. The second-order valence-electron chi connectivity index (χ2n) is 7.19.